The number of anilines is 1. The van der Waals surface area contributed by atoms with Crippen LogP contribution in [0.5, 0.6) is 0 Å². The molecule has 0 aliphatic heterocycles. The normalized spacial score (nSPS) is 11.5. The first-order valence-electron chi connectivity index (χ1n) is 8.07. The van der Waals surface area contributed by atoms with E-state index in [1.54, 1.807) is 6.92 Å². The van der Waals surface area contributed by atoms with Crippen molar-refractivity contribution in [3.63, 3.8) is 0 Å². The van der Waals surface area contributed by atoms with Crippen LogP contribution in [0.1, 0.15) is 22.8 Å². The molecule has 0 bridgehead atoms. The predicted molar refractivity (Wildman–Crippen MR) is 90.1 cm³/mol. The number of rotatable bonds is 4. The molecular formula is C18H13F5N4O. The zero-order valence-corrected chi connectivity index (χ0v) is 14.4. The van der Waals surface area contributed by atoms with Gasteiger partial charge in [-0.1, -0.05) is 12.1 Å². The minimum atomic E-state index is -4.70. The number of halogens is 5. The number of hydrogen-bond donors (Lipinski definition) is 0. The molecule has 5 nitrogen and oxygen atoms in total. The summed E-state index contributed by atoms with van der Waals surface area (Å²) in [7, 11) is 0. The number of amides is 1. The molecule has 0 aliphatic carbocycles. The molecular weight excluding hydrogens is 383 g/mol. The van der Waals surface area contributed by atoms with Crippen molar-refractivity contribution in [2.24, 2.45) is 0 Å². The van der Waals surface area contributed by atoms with Crippen LogP contribution in [0.25, 0.3) is 5.82 Å². The van der Waals surface area contributed by atoms with E-state index in [1.807, 2.05) is 0 Å². The molecule has 1 aromatic carbocycles. The van der Waals surface area contributed by atoms with E-state index in [1.165, 1.54) is 24.4 Å². The fourth-order valence-corrected chi connectivity index (χ4v) is 2.62. The molecule has 28 heavy (non-hydrogen) atoms. The Morgan fingerprint density at radius 3 is 2.54 bits per heavy atom. The van der Waals surface area contributed by atoms with Gasteiger partial charge in [0.1, 0.15) is 5.82 Å². The van der Waals surface area contributed by atoms with Crippen LogP contribution < -0.4 is 4.90 Å². The molecule has 0 fully saturated rings. The highest BCUT2D eigenvalue weighted by Gasteiger charge is 2.36. The molecule has 0 spiro atoms. The van der Waals surface area contributed by atoms with E-state index in [4.69, 9.17) is 0 Å². The number of benzene rings is 1. The lowest BCUT2D eigenvalue weighted by atomic mass is 10.1. The molecule has 10 heteroatoms. The second kappa shape index (κ2) is 7.37. The van der Waals surface area contributed by atoms with Crippen LogP contribution in [0, 0.1) is 11.6 Å². The topological polar surface area (TPSA) is 51.0 Å². The third kappa shape index (κ3) is 3.71. The molecule has 0 aliphatic rings. The van der Waals surface area contributed by atoms with Crippen molar-refractivity contribution in [2.75, 3.05) is 11.4 Å². The number of alkyl halides is 3. The zero-order chi connectivity index (χ0) is 20.5. The Kier molecular flexibility index (Phi) is 5.12. The standard InChI is InChI=1S/C18H13F5N4O/c1-2-26(17(28)12-5-3-4-6-13(12)18(21,22)23)15-7-8-27(25-15)16-14(20)9-11(19)10-24-16/h3-10H,2H2,1H3. The fourth-order valence-electron chi connectivity index (χ4n) is 2.62. The van der Waals surface area contributed by atoms with Crippen molar-refractivity contribution in [1.82, 2.24) is 14.8 Å². The second-order valence-electron chi connectivity index (χ2n) is 5.67. The summed E-state index contributed by atoms with van der Waals surface area (Å²) < 4.78 is 67.5. The first-order valence-corrected chi connectivity index (χ1v) is 8.07. The summed E-state index contributed by atoms with van der Waals surface area (Å²) >= 11 is 0. The van der Waals surface area contributed by atoms with Gasteiger partial charge in [0.15, 0.2) is 17.5 Å². The Bertz CT molecular complexity index is 1020. The minimum absolute atomic E-state index is 0.00463. The van der Waals surface area contributed by atoms with Gasteiger partial charge < -0.3 is 0 Å². The van der Waals surface area contributed by atoms with Crippen LogP contribution in [-0.4, -0.2) is 27.2 Å². The number of aromatic nitrogens is 3. The largest absolute Gasteiger partial charge is 0.417 e. The van der Waals surface area contributed by atoms with Gasteiger partial charge in [-0.2, -0.15) is 13.2 Å². The fraction of sp³-hybridized carbons (Fsp3) is 0.167. The minimum Gasteiger partial charge on any atom is -0.291 e. The van der Waals surface area contributed by atoms with E-state index in [2.05, 4.69) is 10.1 Å². The molecule has 2 heterocycles. The van der Waals surface area contributed by atoms with E-state index in [-0.39, 0.29) is 18.2 Å². The van der Waals surface area contributed by atoms with Crippen LogP contribution in [0.2, 0.25) is 0 Å². The van der Waals surface area contributed by atoms with Gasteiger partial charge in [-0.3, -0.25) is 9.69 Å². The summed E-state index contributed by atoms with van der Waals surface area (Å²) in [6, 6.07) is 6.35. The summed E-state index contributed by atoms with van der Waals surface area (Å²) in [4.78, 5) is 17.3. The first-order chi connectivity index (χ1) is 13.2. The number of carbonyl (C=O) groups excluding carboxylic acids is 1. The van der Waals surface area contributed by atoms with Crippen LogP contribution in [-0.2, 0) is 6.18 Å². The summed E-state index contributed by atoms with van der Waals surface area (Å²) in [5.41, 5.74) is -1.60. The van der Waals surface area contributed by atoms with Crippen molar-refractivity contribution in [1.29, 1.82) is 0 Å². The van der Waals surface area contributed by atoms with Crippen molar-refractivity contribution in [3.05, 3.63) is 71.6 Å². The van der Waals surface area contributed by atoms with Gasteiger partial charge in [0, 0.05) is 24.9 Å². The van der Waals surface area contributed by atoms with Gasteiger partial charge in [0.25, 0.3) is 5.91 Å². The Balaban J connectivity index is 1.97. The van der Waals surface area contributed by atoms with Crippen molar-refractivity contribution in [3.8, 4) is 5.82 Å². The van der Waals surface area contributed by atoms with Gasteiger partial charge in [-0.25, -0.2) is 18.4 Å². The quantitative estimate of drug-likeness (QED) is 0.620. The molecule has 3 aromatic rings. The molecule has 146 valence electrons. The Morgan fingerprint density at radius 2 is 1.89 bits per heavy atom. The van der Waals surface area contributed by atoms with Crippen LogP contribution in [0.15, 0.2) is 48.8 Å². The van der Waals surface area contributed by atoms with Crippen LogP contribution >= 0.6 is 0 Å². The molecule has 2 aromatic heterocycles. The Labute approximate surface area is 156 Å². The number of nitrogens with zero attached hydrogens (tertiary/aromatic N) is 4. The molecule has 3 rings (SSSR count). The molecule has 0 saturated heterocycles. The number of carbonyl (C=O) groups is 1. The third-order valence-corrected chi connectivity index (χ3v) is 3.88. The smallest absolute Gasteiger partial charge is 0.291 e. The van der Waals surface area contributed by atoms with Crippen LogP contribution in [0.3, 0.4) is 0 Å². The summed E-state index contributed by atoms with van der Waals surface area (Å²) in [6.07, 6.45) is -2.64. The maximum atomic E-state index is 13.9. The second-order valence-corrected chi connectivity index (χ2v) is 5.67. The first kappa shape index (κ1) is 19.5. The van der Waals surface area contributed by atoms with Crippen molar-refractivity contribution < 1.29 is 26.7 Å². The molecule has 0 radical (unpaired) electrons. The maximum absolute atomic E-state index is 13.9. The lowest BCUT2D eigenvalue weighted by molar-refractivity contribution is -0.137. The highest BCUT2D eigenvalue weighted by atomic mass is 19.4. The number of pyridine rings is 1. The molecule has 0 atom stereocenters. The maximum Gasteiger partial charge on any atom is 0.417 e. The SMILES string of the molecule is CCN(C(=O)c1ccccc1C(F)(F)F)c1ccn(-c2ncc(F)cc2F)n1. The van der Waals surface area contributed by atoms with E-state index >= 15 is 0 Å². The summed E-state index contributed by atoms with van der Waals surface area (Å²) in [6.45, 7) is 1.57. The molecule has 0 N–H and O–H groups in total. The highest BCUT2D eigenvalue weighted by molar-refractivity contribution is 6.06. The predicted octanol–water partition coefficient (Wildman–Crippen LogP) is 4.23. The van der Waals surface area contributed by atoms with Crippen molar-refractivity contribution >= 4 is 11.7 Å². The van der Waals surface area contributed by atoms with Gasteiger partial charge in [-0.05, 0) is 19.1 Å². The average molecular weight is 396 g/mol. The Hall–Kier alpha value is -3.30. The lowest BCUT2D eigenvalue weighted by Crippen LogP contribution is -2.32. The zero-order valence-electron chi connectivity index (χ0n) is 14.4. The summed E-state index contributed by atoms with van der Waals surface area (Å²) in [5, 5.41) is 4.00. The van der Waals surface area contributed by atoms with Crippen LogP contribution in [0.4, 0.5) is 27.8 Å². The van der Waals surface area contributed by atoms with Gasteiger partial charge in [-0.15, -0.1) is 5.10 Å². The van der Waals surface area contributed by atoms with Gasteiger partial charge >= 0.3 is 6.18 Å². The van der Waals surface area contributed by atoms with Crippen molar-refractivity contribution in [2.45, 2.75) is 13.1 Å². The number of hydrogen-bond acceptors (Lipinski definition) is 3. The molecule has 1 amide bonds. The van der Waals surface area contributed by atoms with Gasteiger partial charge in [0.05, 0.1) is 17.3 Å². The van der Waals surface area contributed by atoms with E-state index in [0.717, 1.165) is 27.9 Å². The van der Waals surface area contributed by atoms with E-state index in [0.29, 0.717) is 6.07 Å². The molecule has 0 saturated carbocycles. The third-order valence-electron chi connectivity index (χ3n) is 3.88. The molecule has 0 unspecified atom stereocenters. The lowest BCUT2D eigenvalue weighted by Gasteiger charge is -2.20. The van der Waals surface area contributed by atoms with Gasteiger partial charge in [0.2, 0.25) is 0 Å². The summed E-state index contributed by atoms with van der Waals surface area (Å²) in [5.74, 6) is -3.08. The average Bonchev–Trinajstić information content (AvgIpc) is 3.11. The highest BCUT2D eigenvalue weighted by Crippen LogP contribution is 2.33. The van der Waals surface area contributed by atoms with E-state index in [9.17, 15) is 26.7 Å². The Morgan fingerprint density at radius 1 is 1.18 bits per heavy atom. The monoisotopic (exact) mass is 396 g/mol. The van der Waals surface area contributed by atoms with E-state index < -0.39 is 34.8 Å².